The molecular weight excluding hydrogens is 488 g/mol. The van der Waals surface area contributed by atoms with Crippen LogP contribution < -0.4 is 26.1 Å². The van der Waals surface area contributed by atoms with E-state index < -0.39 is 0 Å². The molecule has 0 amide bonds. The molecule has 0 bridgehead atoms. The van der Waals surface area contributed by atoms with E-state index in [0.717, 1.165) is 78.2 Å². The molecule has 214 valence electrons. The number of rotatable bonds is 17. The summed E-state index contributed by atoms with van der Waals surface area (Å²) in [6.07, 6.45) is 15.0. The van der Waals surface area contributed by atoms with Crippen LogP contribution in [0.3, 0.4) is 0 Å². The molecule has 2 heterocycles. The predicted octanol–water partition coefficient (Wildman–Crippen LogP) is 6.70. The minimum absolute atomic E-state index is 0.0641. The molecule has 0 fully saturated rings. The molecule has 0 aliphatic heterocycles. The molecule has 0 radical (unpaired) electrons. The van der Waals surface area contributed by atoms with Gasteiger partial charge in [0.2, 0.25) is 0 Å². The van der Waals surface area contributed by atoms with Gasteiger partial charge in [0.05, 0.1) is 19.6 Å². The summed E-state index contributed by atoms with van der Waals surface area (Å²) in [4.78, 5) is 17.5. The van der Waals surface area contributed by atoms with Crippen molar-refractivity contribution in [3.8, 4) is 22.6 Å². The number of aryl methyl sites for hydroxylation is 1. The number of unbranched alkanes of at least 4 members (excludes halogenated alkanes) is 5. The van der Waals surface area contributed by atoms with Gasteiger partial charge < -0.3 is 25.1 Å². The van der Waals surface area contributed by atoms with Crippen LogP contribution in [0, 0.1) is 5.92 Å². The van der Waals surface area contributed by atoms with Crippen molar-refractivity contribution in [3.63, 3.8) is 0 Å². The van der Waals surface area contributed by atoms with Gasteiger partial charge in [0.15, 0.2) is 0 Å². The Bertz CT molecular complexity index is 1230. The Morgan fingerprint density at radius 1 is 0.974 bits per heavy atom. The Balaban J connectivity index is 1.89. The molecule has 1 atom stereocenters. The third-order valence-corrected chi connectivity index (χ3v) is 7.59. The second-order valence-corrected chi connectivity index (χ2v) is 10.7. The fourth-order valence-corrected chi connectivity index (χ4v) is 5.29. The van der Waals surface area contributed by atoms with Gasteiger partial charge in [0, 0.05) is 42.5 Å². The highest BCUT2D eigenvalue weighted by Gasteiger charge is 2.18. The maximum Gasteiger partial charge on any atom is 0.259 e. The summed E-state index contributed by atoms with van der Waals surface area (Å²) in [6, 6.07) is 6.13. The van der Waals surface area contributed by atoms with Crippen molar-refractivity contribution in [3.05, 3.63) is 46.5 Å². The monoisotopic (exact) mass is 536 g/mol. The lowest BCUT2D eigenvalue weighted by Crippen LogP contribution is -2.17. The molecule has 0 aliphatic rings. The summed E-state index contributed by atoms with van der Waals surface area (Å²) in [6.45, 7) is 6.16. The highest BCUT2D eigenvalue weighted by molar-refractivity contribution is 5.97. The lowest BCUT2D eigenvalue weighted by Gasteiger charge is -2.18. The third-order valence-electron chi connectivity index (χ3n) is 7.59. The van der Waals surface area contributed by atoms with Crippen molar-refractivity contribution < 1.29 is 9.47 Å². The lowest BCUT2D eigenvalue weighted by atomic mass is 9.94. The molecule has 39 heavy (non-hydrogen) atoms. The fraction of sp³-hybridized carbons (Fsp3) is 0.562. The standard InChI is InChI=1S/C32H48N4O3/c1-6-13-23(2)14-15-25-29(38-4)18-24(19-30(25)39-5)28-22-36(3)32(37)27-21-35-31(20-26(27)28)34-17-12-10-8-7-9-11-16-33/h18-23H,6-17,33H2,1-5H3,(H,34,35). The normalized spacial score (nSPS) is 12.1. The largest absolute Gasteiger partial charge is 0.496 e. The molecule has 3 N–H and O–H groups in total. The van der Waals surface area contributed by atoms with E-state index in [0.29, 0.717) is 11.3 Å². The molecule has 0 spiro atoms. The molecule has 3 aromatic rings. The first-order chi connectivity index (χ1) is 18.9. The molecular formula is C32H48N4O3. The molecule has 2 aromatic heterocycles. The van der Waals surface area contributed by atoms with Gasteiger partial charge in [0.1, 0.15) is 17.3 Å². The number of anilines is 1. The number of hydrogen-bond donors (Lipinski definition) is 2. The van der Waals surface area contributed by atoms with Crippen molar-refractivity contribution in [2.75, 3.05) is 32.6 Å². The molecule has 7 nitrogen and oxygen atoms in total. The molecule has 0 saturated carbocycles. The Kier molecular flexibility index (Phi) is 12.1. The van der Waals surface area contributed by atoms with Crippen LogP contribution >= 0.6 is 0 Å². The summed E-state index contributed by atoms with van der Waals surface area (Å²) in [5.41, 5.74) is 8.50. The first-order valence-corrected chi connectivity index (χ1v) is 14.6. The Hall–Kier alpha value is -3.06. The van der Waals surface area contributed by atoms with Gasteiger partial charge in [-0.15, -0.1) is 0 Å². The van der Waals surface area contributed by atoms with Crippen LogP contribution in [0.4, 0.5) is 5.82 Å². The number of nitrogens with one attached hydrogen (secondary N) is 1. The van der Waals surface area contributed by atoms with Crippen molar-refractivity contribution in [2.45, 2.75) is 78.1 Å². The number of nitrogens with two attached hydrogens (primary N) is 1. The number of nitrogens with zero attached hydrogens (tertiary/aromatic N) is 2. The highest BCUT2D eigenvalue weighted by Crippen LogP contribution is 2.38. The Morgan fingerprint density at radius 3 is 2.28 bits per heavy atom. The zero-order chi connectivity index (χ0) is 28.2. The maximum absolute atomic E-state index is 13.0. The zero-order valence-electron chi connectivity index (χ0n) is 24.6. The average Bonchev–Trinajstić information content (AvgIpc) is 2.94. The summed E-state index contributed by atoms with van der Waals surface area (Å²) >= 11 is 0. The Labute approximate surface area is 234 Å². The number of methoxy groups -OCH3 is 2. The fourth-order valence-electron chi connectivity index (χ4n) is 5.29. The second-order valence-electron chi connectivity index (χ2n) is 10.7. The van der Waals surface area contributed by atoms with Crippen LogP contribution in [0.1, 0.15) is 77.2 Å². The topological polar surface area (TPSA) is 91.4 Å². The zero-order valence-corrected chi connectivity index (χ0v) is 24.6. The van der Waals surface area contributed by atoms with Gasteiger partial charge in [-0.1, -0.05) is 52.4 Å². The maximum atomic E-state index is 13.0. The van der Waals surface area contributed by atoms with Crippen LogP contribution in [-0.2, 0) is 13.5 Å². The molecule has 3 rings (SSSR count). The van der Waals surface area contributed by atoms with Crippen LogP contribution in [0.2, 0.25) is 0 Å². The van der Waals surface area contributed by atoms with Crippen molar-refractivity contribution in [1.82, 2.24) is 9.55 Å². The van der Waals surface area contributed by atoms with E-state index in [4.69, 9.17) is 15.2 Å². The second kappa shape index (κ2) is 15.5. The minimum atomic E-state index is -0.0641. The van der Waals surface area contributed by atoms with E-state index in [1.54, 1.807) is 32.0 Å². The van der Waals surface area contributed by atoms with Crippen LogP contribution in [0.15, 0.2) is 35.4 Å². The molecule has 0 saturated heterocycles. The quantitative estimate of drug-likeness (QED) is 0.187. The SMILES string of the molecule is CCCC(C)CCc1c(OC)cc(-c2cn(C)c(=O)c3cnc(NCCCCCCCCN)cc23)cc1OC. The van der Waals surface area contributed by atoms with Gasteiger partial charge in [-0.05, 0) is 61.9 Å². The van der Waals surface area contributed by atoms with Crippen LogP contribution in [-0.4, -0.2) is 36.9 Å². The van der Waals surface area contributed by atoms with Gasteiger partial charge in [-0.3, -0.25) is 4.79 Å². The van der Waals surface area contributed by atoms with Gasteiger partial charge in [-0.2, -0.15) is 0 Å². The molecule has 1 aromatic carbocycles. The molecule has 0 aliphatic carbocycles. The number of fused-ring (bicyclic) bond motifs is 1. The number of pyridine rings is 2. The Morgan fingerprint density at radius 2 is 1.64 bits per heavy atom. The van der Waals surface area contributed by atoms with E-state index in [1.807, 2.05) is 12.3 Å². The number of aromatic nitrogens is 2. The van der Waals surface area contributed by atoms with E-state index >= 15 is 0 Å². The summed E-state index contributed by atoms with van der Waals surface area (Å²) in [5.74, 6) is 3.05. The number of hydrogen-bond acceptors (Lipinski definition) is 6. The summed E-state index contributed by atoms with van der Waals surface area (Å²) < 4.78 is 13.3. The van der Waals surface area contributed by atoms with Gasteiger partial charge >= 0.3 is 0 Å². The van der Waals surface area contributed by atoms with E-state index in [-0.39, 0.29) is 5.56 Å². The highest BCUT2D eigenvalue weighted by atomic mass is 16.5. The lowest BCUT2D eigenvalue weighted by molar-refractivity contribution is 0.380. The van der Waals surface area contributed by atoms with E-state index in [1.165, 1.54) is 38.5 Å². The molecule has 1 unspecified atom stereocenters. The van der Waals surface area contributed by atoms with Gasteiger partial charge in [-0.25, -0.2) is 4.98 Å². The number of benzene rings is 1. The summed E-state index contributed by atoms with van der Waals surface area (Å²) in [7, 11) is 5.20. The number of ether oxygens (including phenoxy) is 2. The van der Waals surface area contributed by atoms with Crippen molar-refractivity contribution in [2.24, 2.45) is 18.7 Å². The van der Waals surface area contributed by atoms with Crippen LogP contribution in [0.5, 0.6) is 11.5 Å². The third kappa shape index (κ3) is 8.21. The summed E-state index contributed by atoms with van der Waals surface area (Å²) in [5, 5.41) is 4.91. The van der Waals surface area contributed by atoms with Gasteiger partial charge in [0.25, 0.3) is 5.56 Å². The predicted molar refractivity (Wildman–Crippen MR) is 163 cm³/mol. The minimum Gasteiger partial charge on any atom is -0.496 e. The van der Waals surface area contributed by atoms with E-state index in [9.17, 15) is 4.79 Å². The smallest absolute Gasteiger partial charge is 0.259 e. The van der Waals surface area contributed by atoms with Crippen molar-refractivity contribution >= 4 is 16.6 Å². The van der Waals surface area contributed by atoms with Crippen LogP contribution in [0.25, 0.3) is 21.9 Å². The van der Waals surface area contributed by atoms with Crippen molar-refractivity contribution in [1.29, 1.82) is 0 Å². The van der Waals surface area contributed by atoms with E-state index in [2.05, 4.69) is 36.3 Å². The first-order valence-electron chi connectivity index (χ1n) is 14.6. The molecule has 7 heteroatoms. The first kappa shape index (κ1) is 30.5. The average molecular weight is 537 g/mol.